The molecule has 2 heterocycles. The zero-order valence-corrected chi connectivity index (χ0v) is 15.0. The van der Waals surface area contributed by atoms with Crippen LogP contribution in [0.15, 0.2) is 29.6 Å². The number of carboxylic acid groups (broad SMARTS) is 1. The SMILES string of the molecule is COCC1(C(=O)O)CCN(C(=O)c2cccc(-c3csc(C)n3)c2)C1. The molecule has 0 radical (unpaired) electrons. The number of ether oxygens (including phenoxy) is 1. The number of likely N-dealkylation sites (tertiary alicyclic amines) is 1. The summed E-state index contributed by atoms with van der Waals surface area (Å²) in [5.41, 5.74) is 1.25. The van der Waals surface area contributed by atoms with Crippen molar-refractivity contribution in [2.75, 3.05) is 26.8 Å². The molecule has 2 aromatic rings. The first-order valence-electron chi connectivity index (χ1n) is 7.99. The Morgan fingerprint density at radius 1 is 1.44 bits per heavy atom. The number of carboxylic acids is 1. The van der Waals surface area contributed by atoms with Gasteiger partial charge in [-0.1, -0.05) is 12.1 Å². The van der Waals surface area contributed by atoms with Crippen molar-refractivity contribution in [3.63, 3.8) is 0 Å². The summed E-state index contributed by atoms with van der Waals surface area (Å²) in [6, 6.07) is 7.31. The molecule has 1 atom stereocenters. The molecule has 6 nitrogen and oxygen atoms in total. The highest BCUT2D eigenvalue weighted by molar-refractivity contribution is 7.09. The Morgan fingerprint density at radius 2 is 2.24 bits per heavy atom. The summed E-state index contributed by atoms with van der Waals surface area (Å²) in [5.74, 6) is -1.08. The van der Waals surface area contributed by atoms with Crippen LogP contribution < -0.4 is 0 Å². The number of aliphatic carboxylic acids is 1. The summed E-state index contributed by atoms with van der Waals surface area (Å²) >= 11 is 1.56. The maximum Gasteiger partial charge on any atom is 0.313 e. The van der Waals surface area contributed by atoms with Gasteiger partial charge in [0.15, 0.2) is 0 Å². The number of benzene rings is 1. The van der Waals surface area contributed by atoms with E-state index in [1.807, 2.05) is 30.5 Å². The largest absolute Gasteiger partial charge is 0.481 e. The number of rotatable bonds is 5. The lowest BCUT2D eigenvalue weighted by atomic mass is 9.88. The molecule has 1 amide bonds. The Hall–Kier alpha value is -2.25. The number of hydrogen-bond acceptors (Lipinski definition) is 5. The van der Waals surface area contributed by atoms with Crippen LogP contribution in [0.3, 0.4) is 0 Å². The smallest absolute Gasteiger partial charge is 0.313 e. The summed E-state index contributed by atoms with van der Waals surface area (Å²) < 4.78 is 5.08. The third-order valence-electron chi connectivity index (χ3n) is 4.54. The minimum atomic E-state index is -1.02. The highest BCUT2D eigenvalue weighted by Gasteiger charge is 2.46. The van der Waals surface area contributed by atoms with Crippen molar-refractivity contribution < 1.29 is 19.4 Å². The van der Waals surface area contributed by atoms with Gasteiger partial charge in [-0.3, -0.25) is 9.59 Å². The van der Waals surface area contributed by atoms with Gasteiger partial charge < -0.3 is 14.7 Å². The topological polar surface area (TPSA) is 79.7 Å². The Labute approximate surface area is 150 Å². The van der Waals surface area contributed by atoms with Gasteiger partial charge in [0, 0.05) is 36.7 Å². The van der Waals surface area contributed by atoms with Gasteiger partial charge in [0.25, 0.3) is 5.91 Å². The molecular formula is C18H20N2O4S. The number of thiazole rings is 1. The van der Waals surface area contributed by atoms with E-state index >= 15 is 0 Å². The second-order valence-corrected chi connectivity index (χ2v) is 7.39. The van der Waals surface area contributed by atoms with E-state index in [9.17, 15) is 14.7 Å². The minimum absolute atomic E-state index is 0.101. The van der Waals surface area contributed by atoms with Crippen LogP contribution in [-0.2, 0) is 9.53 Å². The molecule has 0 spiro atoms. The lowest BCUT2D eigenvalue weighted by Gasteiger charge is -2.23. The lowest BCUT2D eigenvalue weighted by Crippen LogP contribution is -2.40. The Balaban J connectivity index is 1.81. The molecule has 7 heteroatoms. The summed E-state index contributed by atoms with van der Waals surface area (Å²) in [4.78, 5) is 30.5. The van der Waals surface area contributed by atoms with Crippen molar-refractivity contribution in [1.82, 2.24) is 9.88 Å². The number of methoxy groups -OCH3 is 1. The van der Waals surface area contributed by atoms with E-state index < -0.39 is 11.4 Å². The summed E-state index contributed by atoms with van der Waals surface area (Å²) in [7, 11) is 1.48. The van der Waals surface area contributed by atoms with Crippen LogP contribution in [-0.4, -0.2) is 53.7 Å². The molecule has 0 aliphatic carbocycles. The average molecular weight is 360 g/mol. The van der Waals surface area contributed by atoms with E-state index in [1.54, 1.807) is 22.3 Å². The predicted molar refractivity (Wildman–Crippen MR) is 94.8 cm³/mol. The zero-order valence-electron chi connectivity index (χ0n) is 14.2. The van der Waals surface area contributed by atoms with Gasteiger partial charge >= 0.3 is 5.97 Å². The highest BCUT2D eigenvalue weighted by atomic mass is 32.1. The summed E-state index contributed by atoms with van der Waals surface area (Å²) in [6.45, 7) is 2.61. The van der Waals surface area contributed by atoms with Crippen LogP contribution in [0.25, 0.3) is 11.3 Å². The standard InChI is InChI=1S/C18H20N2O4S/c1-12-19-15(9-25-12)13-4-3-5-14(8-13)16(21)20-7-6-18(10-20,11-24-2)17(22)23/h3-5,8-9H,6-7,10-11H2,1-2H3,(H,22,23). The molecule has 3 rings (SSSR count). The van der Waals surface area contributed by atoms with E-state index in [4.69, 9.17) is 4.74 Å². The molecule has 1 unspecified atom stereocenters. The number of hydrogen-bond donors (Lipinski definition) is 1. The second-order valence-electron chi connectivity index (χ2n) is 6.33. The van der Waals surface area contributed by atoms with E-state index in [-0.39, 0.29) is 19.1 Å². The molecule has 1 fully saturated rings. The molecule has 1 aliphatic rings. The maximum atomic E-state index is 12.8. The van der Waals surface area contributed by atoms with Gasteiger partial charge in [-0.2, -0.15) is 0 Å². The van der Waals surface area contributed by atoms with E-state index in [1.165, 1.54) is 7.11 Å². The average Bonchev–Trinajstić information content (AvgIpc) is 3.22. The fourth-order valence-electron chi connectivity index (χ4n) is 3.17. The van der Waals surface area contributed by atoms with Crippen LogP contribution in [0.2, 0.25) is 0 Å². The number of carbonyl (C=O) groups excluding carboxylic acids is 1. The number of nitrogens with zero attached hydrogens (tertiary/aromatic N) is 2. The first-order chi connectivity index (χ1) is 11.9. The Morgan fingerprint density at radius 3 is 2.88 bits per heavy atom. The number of aromatic nitrogens is 1. The van der Waals surface area contributed by atoms with Gasteiger partial charge in [-0.05, 0) is 25.5 Å². The normalized spacial score (nSPS) is 20.0. The third kappa shape index (κ3) is 3.43. The molecule has 0 saturated carbocycles. The van der Waals surface area contributed by atoms with Crippen LogP contribution >= 0.6 is 11.3 Å². The maximum absolute atomic E-state index is 12.8. The van der Waals surface area contributed by atoms with Gasteiger partial charge in [0.05, 0.1) is 17.3 Å². The van der Waals surface area contributed by atoms with Crippen LogP contribution in [0.4, 0.5) is 0 Å². The minimum Gasteiger partial charge on any atom is -0.481 e. The quantitative estimate of drug-likeness (QED) is 0.887. The fraction of sp³-hybridized carbons (Fsp3) is 0.389. The zero-order chi connectivity index (χ0) is 18.0. The van der Waals surface area contributed by atoms with Crippen LogP contribution in [0.1, 0.15) is 21.8 Å². The van der Waals surface area contributed by atoms with Gasteiger partial charge in [-0.25, -0.2) is 4.98 Å². The predicted octanol–water partition coefficient (Wildman–Crippen LogP) is 2.68. The summed E-state index contributed by atoms with van der Waals surface area (Å²) in [5, 5.41) is 12.5. The molecule has 0 bridgehead atoms. The van der Waals surface area contributed by atoms with Crippen molar-refractivity contribution in [2.24, 2.45) is 5.41 Å². The molecule has 1 aromatic carbocycles. The third-order valence-corrected chi connectivity index (χ3v) is 5.31. The number of amides is 1. The highest BCUT2D eigenvalue weighted by Crippen LogP contribution is 2.32. The van der Waals surface area contributed by atoms with Gasteiger partial charge in [0.2, 0.25) is 0 Å². The second kappa shape index (κ2) is 6.93. The van der Waals surface area contributed by atoms with Crippen molar-refractivity contribution >= 4 is 23.2 Å². The van der Waals surface area contributed by atoms with Gasteiger partial charge in [0.1, 0.15) is 5.41 Å². The fourth-order valence-corrected chi connectivity index (χ4v) is 3.79. The lowest BCUT2D eigenvalue weighted by molar-refractivity contribution is -0.151. The number of carbonyl (C=O) groups is 2. The monoisotopic (exact) mass is 360 g/mol. The molecule has 132 valence electrons. The molecule has 25 heavy (non-hydrogen) atoms. The van der Waals surface area contributed by atoms with Crippen LogP contribution in [0.5, 0.6) is 0 Å². The molecule has 1 aliphatic heterocycles. The first-order valence-corrected chi connectivity index (χ1v) is 8.87. The van der Waals surface area contributed by atoms with E-state index in [2.05, 4.69) is 4.98 Å². The van der Waals surface area contributed by atoms with E-state index in [0.717, 1.165) is 16.3 Å². The molecular weight excluding hydrogens is 340 g/mol. The number of aryl methyl sites for hydroxylation is 1. The van der Waals surface area contributed by atoms with E-state index in [0.29, 0.717) is 18.5 Å². The summed E-state index contributed by atoms with van der Waals surface area (Å²) in [6.07, 6.45) is 0.396. The Bertz CT molecular complexity index is 804. The van der Waals surface area contributed by atoms with Gasteiger partial charge in [-0.15, -0.1) is 11.3 Å². The van der Waals surface area contributed by atoms with Crippen LogP contribution in [0, 0.1) is 12.3 Å². The molecule has 1 aromatic heterocycles. The molecule has 1 N–H and O–H groups in total. The first kappa shape index (κ1) is 17.6. The molecule has 1 saturated heterocycles. The Kier molecular flexibility index (Phi) is 4.87. The van der Waals surface area contributed by atoms with Crippen molar-refractivity contribution in [2.45, 2.75) is 13.3 Å². The van der Waals surface area contributed by atoms with Crippen molar-refractivity contribution in [1.29, 1.82) is 0 Å². The van der Waals surface area contributed by atoms with Crippen molar-refractivity contribution in [3.05, 3.63) is 40.2 Å². The van der Waals surface area contributed by atoms with Crippen molar-refractivity contribution in [3.8, 4) is 11.3 Å².